The third-order valence-electron chi connectivity index (χ3n) is 5.03. The Balaban J connectivity index is 0.00000261. The molecule has 1 aliphatic rings. The first kappa shape index (κ1) is 20.9. The van der Waals surface area contributed by atoms with Crippen molar-refractivity contribution in [3.63, 3.8) is 0 Å². The number of carbonyl (C=O) groups is 2. The van der Waals surface area contributed by atoms with Gasteiger partial charge in [0.2, 0.25) is 11.8 Å². The molecule has 0 atom stereocenters. The third-order valence-corrected chi connectivity index (χ3v) is 5.03. The largest absolute Gasteiger partial charge is 0.324 e. The summed E-state index contributed by atoms with van der Waals surface area (Å²) in [5.74, 6) is -0.109. The van der Waals surface area contributed by atoms with Gasteiger partial charge in [-0.15, -0.1) is 12.4 Å². The number of hydrogen-bond donors (Lipinski definition) is 2. The number of likely N-dealkylation sites (N-methyl/N-ethyl adjacent to an activating group) is 1. The van der Waals surface area contributed by atoms with Crippen LogP contribution in [0.3, 0.4) is 0 Å². The van der Waals surface area contributed by atoms with E-state index in [2.05, 4.69) is 5.32 Å². The quantitative estimate of drug-likeness (QED) is 0.824. The van der Waals surface area contributed by atoms with Crippen LogP contribution >= 0.6 is 12.4 Å². The van der Waals surface area contributed by atoms with Gasteiger partial charge in [-0.2, -0.15) is 0 Å². The summed E-state index contributed by atoms with van der Waals surface area (Å²) in [5, 5.41) is 2.89. The molecule has 0 bridgehead atoms. The fourth-order valence-corrected chi connectivity index (χ4v) is 3.28. The smallest absolute Gasteiger partial charge is 0.244 e. The first-order valence-electron chi connectivity index (χ1n) is 8.99. The van der Waals surface area contributed by atoms with E-state index >= 15 is 0 Å². The Morgan fingerprint density at radius 3 is 2.22 bits per heavy atom. The summed E-state index contributed by atoms with van der Waals surface area (Å²) < 4.78 is 0. The van der Waals surface area contributed by atoms with E-state index in [0.29, 0.717) is 12.1 Å². The second-order valence-corrected chi connectivity index (χ2v) is 6.98. The molecule has 6 heteroatoms. The molecule has 144 valence electrons. The molecule has 5 nitrogen and oxygen atoms in total. The van der Waals surface area contributed by atoms with E-state index in [9.17, 15) is 9.59 Å². The van der Waals surface area contributed by atoms with E-state index in [1.807, 2.05) is 54.6 Å². The first-order chi connectivity index (χ1) is 12.5. The van der Waals surface area contributed by atoms with Crippen LogP contribution in [0.5, 0.6) is 0 Å². The maximum absolute atomic E-state index is 12.4. The van der Waals surface area contributed by atoms with E-state index < -0.39 is 5.54 Å². The molecule has 3 rings (SSSR count). The van der Waals surface area contributed by atoms with Gasteiger partial charge in [-0.3, -0.25) is 9.59 Å². The van der Waals surface area contributed by atoms with Crippen molar-refractivity contribution in [2.45, 2.75) is 37.6 Å². The molecule has 0 aliphatic heterocycles. The SMILES string of the molecule is CN(C(=O)Cc1ccc(NC(=O)C2(N)CCCC2)cc1)c1ccccc1.Cl. The van der Waals surface area contributed by atoms with Crippen LogP contribution in [-0.4, -0.2) is 24.4 Å². The van der Waals surface area contributed by atoms with Crippen molar-refractivity contribution in [2.24, 2.45) is 5.73 Å². The minimum atomic E-state index is -0.743. The summed E-state index contributed by atoms with van der Waals surface area (Å²) in [6.45, 7) is 0. The summed E-state index contributed by atoms with van der Waals surface area (Å²) in [4.78, 5) is 26.4. The maximum atomic E-state index is 12.4. The fraction of sp³-hybridized carbons (Fsp3) is 0.333. The molecule has 0 saturated heterocycles. The number of carbonyl (C=O) groups excluding carboxylic acids is 2. The highest BCUT2D eigenvalue weighted by atomic mass is 35.5. The van der Waals surface area contributed by atoms with Gasteiger partial charge < -0.3 is 16.0 Å². The highest BCUT2D eigenvalue weighted by Gasteiger charge is 2.36. The molecule has 0 unspecified atom stereocenters. The Hall–Kier alpha value is -2.37. The number of para-hydroxylation sites is 1. The van der Waals surface area contributed by atoms with E-state index in [-0.39, 0.29) is 24.2 Å². The Morgan fingerprint density at radius 1 is 1.04 bits per heavy atom. The summed E-state index contributed by atoms with van der Waals surface area (Å²) in [7, 11) is 1.77. The first-order valence-corrected chi connectivity index (χ1v) is 8.99. The predicted molar refractivity (Wildman–Crippen MR) is 111 cm³/mol. The maximum Gasteiger partial charge on any atom is 0.244 e. The zero-order valence-corrected chi connectivity index (χ0v) is 16.3. The molecule has 1 saturated carbocycles. The molecule has 0 heterocycles. The van der Waals surface area contributed by atoms with Gasteiger partial charge in [0, 0.05) is 18.4 Å². The lowest BCUT2D eigenvalue weighted by atomic mass is 9.98. The van der Waals surface area contributed by atoms with Crippen LogP contribution in [0.1, 0.15) is 31.2 Å². The Kier molecular flexibility index (Phi) is 6.99. The molecule has 3 N–H and O–H groups in total. The Bertz CT molecular complexity index is 772. The lowest BCUT2D eigenvalue weighted by Crippen LogP contribution is -2.48. The van der Waals surface area contributed by atoms with Gasteiger partial charge in [-0.05, 0) is 42.7 Å². The molecule has 2 amide bonds. The molecular weight excluding hydrogens is 362 g/mol. The molecule has 0 aromatic heterocycles. The molecule has 2 aromatic carbocycles. The summed E-state index contributed by atoms with van der Waals surface area (Å²) in [6, 6.07) is 16.9. The van der Waals surface area contributed by atoms with Crippen molar-refractivity contribution < 1.29 is 9.59 Å². The summed E-state index contributed by atoms with van der Waals surface area (Å²) in [6.07, 6.45) is 3.77. The van der Waals surface area contributed by atoms with E-state index in [1.165, 1.54) is 0 Å². The summed E-state index contributed by atoms with van der Waals surface area (Å²) in [5.41, 5.74) is 7.91. The van der Waals surface area contributed by atoms with Gasteiger partial charge in [0.05, 0.1) is 12.0 Å². The number of benzene rings is 2. The normalized spacial score (nSPS) is 14.9. The minimum Gasteiger partial charge on any atom is -0.324 e. The zero-order valence-electron chi connectivity index (χ0n) is 15.5. The van der Waals surface area contributed by atoms with Gasteiger partial charge in [0.1, 0.15) is 0 Å². The number of nitrogens with two attached hydrogens (primary N) is 1. The number of anilines is 2. The molecule has 1 aliphatic carbocycles. The lowest BCUT2D eigenvalue weighted by molar-refractivity contribution is -0.121. The number of nitrogens with zero attached hydrogens (tertiary/aromatic N) is 1. The van der Waals surface area contributed by atoms with E-state index in [0.717, 1.165) is 36.9 Å². The standard InChI is InChI=1S/C21H25N3O2.ClH/c1-24(18-7-3-2-4-8-18)19(25)15-16-9-11-17(12-10-16)23-20(26)21(22)13-5-6-14-21;/h2-4,7-12H,5-6,13-15,22H2,1H3,(H,23,26);1H. The van der Waals surface area contributed by atoms with Crippen LogP contribution in [0, 0.1) is 0 Å². The molecule has 0 spiro atoms. The van der Waals surface area contributed by atoms with Crippen LogP contribution < -0.4 is 16.0 Å². The van der Waals surface area contributed by atoms with Crippen LogP contribution in [0.4, 0.5) is 11.4 Å². The van der Waals surface area contributed by atoms with Gasteiger partial charge in [-0.1, -0.05) is 43.2 Å². The molecule has 27 heavy (non-hydrogen) atoms. The number of amides is 2. The average Bonchev–Trinajstić information content (AvgIpc) is 3.11. The highest BCUT2D eigenvalue weighted by Crippen LogP contribution is 2.28. The predicted octanol–water partition coefficient (Wildman–Crippen LogP) is 3.52. The van der Waals surface area contributed by atoms with E-state index in [1.54, 1.807) is 11.9 Å². The fourth-order valence-electron chi connectivity index (χ4n) is 3.28. The third kappa shape index (κ3) is 5.08. The van der Waals surface area contributed by atoms with Crippen molar-refractivity contribution in [1.29, 1.82) is 0 Å². The Morgan fingerprint density at radius 2 is 1.63 bits per heavy atom. The number of rotatable bonds is 5. The summed E-state index contributed by atoms with van der Waals surface area (Å²) >= 11 is 0. The molecular formula is C21H26ClN3O2. The van der Waals surface area contributed by atoms with Crippen LogP contribution in [-0.2, 0) is 16.0 Å². The Labute approximate surface area is 166 Å². The number of halogens is 1. The van der Waals surface area contributed by atoms with Crippen molar-refractivity contribution >= 4 is 35.6 Å². The lowest BCUT2D eigenvalue weighted by Gasteiger charge is -2.22. The molecule has 1 fully saturated rings. The number of hydrogen-bond acceptors (Lipinski definition) is 3. The van der Waals surface area contributed by atoms with E-state index in [4.69, 9.17) is 5.73 Å². The van der Waals surface area contributed by atoms with Crippen molar-refractivity contribution in [2.75, 3.05) is 17.3 Å². The van der Waals surface area contributed by atoms with Gasteiger partial charge >= 0.3 is 0 Å². The van der Waals surface area contributed by atoms with Crippen molar-refractivity contribution in [3.8, 4) is 0 Å². The van der Waals surface area contributed by atoms with Crippen LogP contribution in [0.25, 0.3) is 0 Å². The molecule has 2 aromatic rings. The van der Waals surface area contributed by atoms with Crippen LogP contribution in [0.15, 0.2) is 54.6 Å². The molecule has 0 radical (unpaired) electrons. The van der Waals surface area contributed by atoms with Gasteiger partial charge in [0.25, 0.3) is 0 Å². The second-order valence-electron chi connectivity index (χ2n) is 6.98. The van der Waals surface area contributed by atoms with Crippen LogP contribution in [0.2, 0.25) is 0 Å². The van der Waals surface area contributed by atoms with Crippen molar-refractivity contribution in [3.05, 3.63) is 60.2 Å². The monoisotopic (exact) mass is 387 g/mol. The van der Waals surface area contributed by atoms with Gasteiger partial charge in [-0.25, -0.2) is 0 Å². The highest BCUT2D eigenvalue weighted by molar-refractivity contribution is 5.98. The topological polar surface area (TPSA) is 75.4 Å². The second kappa shape index (κ2) is 9.02. The zero-order chi connectivity index (χ0) is 18.6. The average molecular weight is 388 g/mol. The number of nitrogens with one attached hydrogen (secondary N) is 1. The van der Waals surface area contributed by atoms with Gasteiger partial charge in [0.15, 0.2) is 0 Å². The minimum absolute atomic E-state index is 0. The van der Waals surface area contributed by atoms with Crippen molar-refractivity contribution in [1.82, 2.24) is 0 Å².